The second-order valence-electron chi connectivity index (χ2n) is 3.39. The lowest BCUT2D eigenvalue weighted by Crippen LogP contribution is -2.30. The highest BCUT2D eigenvalue weighted by atomic mass is 32.2. The number of carbonyl (C=O) groups is 1. The summed E-state index contributed by atoms with van der Waals surface area (Å²) in [4.78, 5) is 10.7. The van der Waals surface area contributed by atoms with E-state index >= 15 is 0 Å². The van der Waals surface area contributed by atoms with Crippen molar-refractivity contribution in [2.24, 2.45) is 0 Å². The van der Waals surface area contributed by atoms with Crippen LogP contribution in [0.3, 0.4) is 0 Å². The quantitative estimate of drug-likeness (QED) is 0.888. The van der Waals surface area contributed by atoms with Gasteiger partial charge in [-0.15, -0.1) is 0 Å². The van der Waals surface area contributed by atoms with E-state index in [4.69, 9.17) is 5.11 Å². The molecule has 2 N–H and O–H groups in total. The van der Waals surface area contributed by atoms with E-state index in [0.717, 1.165) is 12.1 Å². The maximum absolute atomic E-state index is 12.1. The van der Waals surface area contributed by atoms with E-state index in [9.17, 15) is 26.4 Å². The van der Waals surface area contributed by atoms with Crippen molar-refractivity contribution in [3.63, 3.8) is 0 Å². The van der Waals surface area contributed by atoms with Gasteiger partial charge in [-0.05, 0) is 24.6 Å². The molecule has 0 aromatic heterocycles. The van der Waals surface area contributed by atoms with Crippen LogP contribution in [-0.4, -0.2) is 25.0 Å². The molecule has 0 aliphatic rings. The number of alkyl halides is 3. The van der Waals surface area contributed by atoms with Gasteiger partial charge >= 0.3 is 21.5 Å². The number of rotatable bonds is 3. The molecule has 0 saturated carbocycles. The van der Waals surface area contributed by atoms with Crippen molar-refractivity contribution in [3.8, 4) is 0 Å². The molecule has 9 heteroatoms. The minimum atomic E-state index is -5.55. The highest BCUT2D eigenvalue weighted by molar-refractivity contribution is 7.93. The Morgan fingerprint density at radius 2 is 1.89 bits per heavy atom. The Hall–Kier alpha value is -1.77. The predicted octanol–water partition coefficient (Wildman–Crippen LogP) is 1.95. The molecule has 0 atom stereocenters. The average molecular weight is 283 g/mol. The summed E-state index contributed by atoms with van der Waals surface area (Å²) in [6.07, 6.45) is 0. The molecule has 0 fully saturated rings. The Balaban J connectivity index is 3.15. The van der Waals surface area contributed by atoms with Gasteiger partial charge in [0.1, 0.15) is 0 Å². The van der Waals surface area contributed by atoms with Crippen molar-refractivity contribution < 1.29 is 31.5 Å². The predicted molar refractivity (Wildman–Crippen MR) is 56.7 cm³/mol. The van der Waals surface area contributed by atoms with E-state index in [0.29, 0.717) is 5.56 Å². The fourth-order valence-corrected chi connectivity index (χ4v) is 1.68. The van der Waals surface area contributed by atoms with E-state index < -0.39 is 27.2 Å². The normalized spacial score (nSPS) is 12.2. The summed E-state index contributed by atoms with van der Waals surface area (Å²) >= 11 is 0. The highest BCUT2D eigenvalue weighted by Crippen LogP contribution is 2.26. The molecule has 0 aliphatic carbocycles. The number of anilines is 1. The van der Waals surface area contributed by atoms with Crippen LogP contribution < -0.4 is 4.72 Å². The van der Waals surface area contributed by atoms with E-state index in [1.165, 1.54) is 17.7 Å². The number of hydrogen-bond acceptors (Lipinski definition) is 3. The number of carboxylic acid groups (broad SMARTS) is 1. The van der Waals surface area contributed by atoms with Gasteiger partial charge in [0.25, 0.3) is 0 Å². The van der Waals surface area contributed by atoms with Crippen LogP contribution in [0.1, 0.15) is 15.9 Å². The molecule has 0 amide bonds. The molecule has 0 radical (unpaired) electrons. The van der Waals surface area contributed by atoms with Gasteiger partial charge in [-0.2, -0.15) is 21.6 Å². The molecule has 1 aromatic carbocycles. The van der Waals surface area contributed by atoms with Crippen LogP contribution in [0.2, 0.25) is 0 Å². The Morgan fingerprint density at radius 3 is 2.33 bits per heavy atom. The number of carboxylic acids is 1. The number of nitrogens with one attached hydrogen (secondary N) is 1. The summed E-state index contributed by atoms with van der Waals surface area (Å²) in [7, 11) is -5.55. The summed E-state index contributed by atoms with van der Waals surface area (Å²) in [5.74, 6) is -1.36. The SMILES string of the molecule is Cc1ccc(NS(=O)(=O)C(F)(F)F)cc1C(=O)O. The van der Waals surface area contributed by atoms with Crippen LogP contribution >= 0.6 is 0 Å². The second kappa shape index (κ2) is 4.48. The number of hydrogen-bond donors (Lipinski definition) is 2. The molecule has 5 nitrogen and oxygen atoms in total. The Kier molecular flexibility index (Phi) is 3.56. The minimum Gasteiger partial charge on any atom is -0.478 e. The molecule has 0 heterocycles. The summed E-state index contributed by atoms with van der Waals surface area (Å²) in [6.45, 7) is 1.44. The first-order chi connectivity index (χ1) is 8.04. The first-order valence-electron chi connectivity index (χ1n) is 4.47. The molecular formula is C9H8F3NO4S. The zero-order valence-corrected chi connectivity index (χ0v) is 9.76. The molecular weight excluding hydrogens is 275 g/mol. The minimum absolute atomic E-state index is 0.280. The molecule has 0 saturated heterocycles. The highest BCUT2D eigenvalue weighted by Gasteiger charge is 2.46. The standard InChI is InChI=1S/C9H8F3NO4S/c1-5-2-3-6(4-7(5)8(14)15)13-18(16,17)9(10,11)12/h2-4,13H,1H3,(H,14,15). The van der Waals surface area contributed by atoms with Crippen molar-refractivity contribution in [3.05, 3.63) is 29.3 Å². The molecule has 1 rings (SSSR count). The number of sulfonamides is 1. The summed E-state index contributed by atoms with van der Waals surface area (Å²) in [6, 6.07) is 3.07. The summed E-state index contributed by atoms with van der Waals surface area (Å²) in [5.41, 5.74) is -5.90. The van der Waals surface area contributed by atoms with E-state index in [1.54, 1.807) is 0 Å². The van der Waals surface area contributed by atoms with Crippen LogP contribution in [0.4, 0.5) is 18.9 Å². The largest absolute Gasteiger partial charge is 0.516 e. The molecule has 100 valence electrons. The fourth-order valence-electron chi connectivity index (χ4n) is 1.13. The Bertz CT molecular complexity index is 580. The molecule has 0 spiro atoms. The maximum atomic E-state index is 12.1. The number of halogens is 3. The van der Waals surface area contributed by atoms with Gasteiger partial charge in [0.15, 0.2) is 0 Å². The molecule has 0 unspecified atom stereocenters. The lowest BCUT2D eigenvalue weighted by molar-refractivity contribution is -0.0429. The summed E-state index contributed by atoms with van der Waals surface area (Å²) < 4.78 is 59.1. The van der Waals surface area contributed by atoms with E-state index in [-0.39, 0.29) is 5.56 Å². The van der Waals surface area contributed by atoms with Crippen molar-refractivity contribution in [1.82, 2.24) is 0 Å². The van der Waals surface area contributed by atoms with Gasteiger partial charge in [-0.25, -0.2) is 4.79 Å². The lowest BCUT2D eigenvalue weighted by atomic mass is 10.1. The lowest BCUT2D eigenvalue weighted by Gasteiger charge is -2.11. The van der Waals surface area contributed by atoms with Gasteiger partial charge in [0, 0.05) is 5.69 Å². The van der Waals surface area contributed by atoms with Crippen molar-refractivity contribution in [2.75, 3.05) is 4.72 Å². The molecule has 1 aromatic rings. The first kappa shape index (κ1) is 14.3. The third-order valence-corrected chi connectivity index (χ3v) is 3.14. The van der Waals surface area contributed by atoms with E-state index in [1.807, 2.05) is 0 Å². The van der Waals surface area contributed by atoms with Crippen molar-refractivity contribution >= 4 is 21.7 Å². The maximum Gasteiger partial charge on any atom is 0.516 e. The number of aryl methyl sites for hydroxylation is 1. The van der Waals surface area contributed by atoms with Crippen LogP contribution in [-0.2, 0) is 10.0 Å². The third kappa shape index (κ3) is 2.92. The Morgan fingerprint density at radius 1 is 1.33 bits per heavy atom. The van der Waals surface area contributed by atoms with Gasteiger partial charge in [0.05, 0.1) is 5.56 Å². The van der Waals surface area contributed by atoms with Crippen LogP contribution in [0.25, 0.3) is 0 Å². The van der Waals surface area contributed by atoms with Crippen LogP contribution in [0.5, 0.6) is 0 Å². The molecule has 0 bridgehead atoms. The van der Waals surface area contributed by atoms with Gasteiger partial charge in [0.2, 0.25) is 0 Å². The van der Waals surface area contributed by atoms with Crippen LogP contribution in [0, 0.1) is 6.92 Å². The van der Waals surface area contributed by atoms with Crippen LogP contribution in [0.15, 0.2) is 18.2 Å². The molecule has 0 aliphatic heterocycles. The van der Waals surface area contributed by atoms with Gasteiger partial charge in [-0.3, -0.25) is 4.72 Å². The zero-order valence-electron chi connectivity index (χ0n) is 8.95. The van der Waals surface area contributed by atoms with Gasteiger partial charge in [-0.1, -0.05) is 6.07 Å². The van der Waals surface area contributed by atoms with E-state index in [2.05, 4.69) is 0 Å². The smallest absolute Gasteiger partial charge is 0.478 e. The summed E-state index contributed by atoms with van der Waals surface area (Å²) in [5, 5.41) is 8.75. The third-order valence-electron chi connectivity index (χ3n) is 2.02. The van der Waals surface area contributed by atoms with Gasteiger partial charge < -0.3 is 5.11 Å². The first-order valence-corrected chi connectivity index (χ1v) is 5.96. The monoisotopic (exact) mass is 283 g/mol. The fraction of sp³-hybridized carbons (Fsp3) is 0.222. The van der Waals surface area contributed by atoms with Crippen molar-refractivity contribution in [2.45, 2.75) is 12.4 Å². The molecule has 18 heavy (non-hydrogen) atoms. The number of benzene rings is 1. The zero-order chi connectivity index (χ0) is 14.1. The topological polar surface area (TPSA) is 83.5 Å². The number of aromatic carboxylic acids is 1. The average Bonchev–Trinajstić information content (AvgIpc) is 2.18. The second-order valence-corrected chi connectivity index (χ2v) is 5.06. The Labute approximate surface area is 100 Å². The van der Waals surface area contributed by atoms with Crippen molar-refractivity contribution in [1.29, 1.82) is 0 Å².